The van der Waals surface area contributed by atoms with Crippen LogP contribution in [0.25, 0.3) is 0 Å². The molecule has 3 unspecified atom stereocenters. The van der Waals surface area contributed by atoms with Gasteiger partial charge >= 0.3 is 0 Å². The van der Waals surface area contributed by atoms with Crippen LogP contribution in [0.15, 0.2) is 0 Å². The van der Waals surface area contributed by atoms with Gasteiger partial charge in [0.1, 0.15) is 0 Å². The van der Waals surface area contributed by atoms with Crippen LogP contribution in [0.4, 0.5) is 0 Å². The van der Waals surface area contributed by atoms with Crippen molar-refractivity contribution in [3.05, 3.63) is 0 Å². The summed E-state index contributed by atoms with van der Waals surface area (Å²) in [5.74, 6) is 2.15. The van der Waals surface area contributed by atoms with Gasteiger partial charge in [-0.25, -0.2) is 0 Å². The second kappa shape index (κ2) is 8.37. The van der Waals surface area contributed by atoms with Crippen LogP contribution in [-0.2, 0) is 0 Å². The highest BCUT2D eigenvalue weighted by atomic mass is 32.2. The van der Waals surface area contributed by atoms with Crippen LogP contribution in [0.5, 0.6) is 0 Å². The molecule has 0 aromatic heterocycles. The van der Waals surface area contributed by atoms with Crippen molar-refractivity contribution in [3.8, 4) is 0 Å². The number of hydrogen-bond acceptors (Lipinski definition) is 3. The third-order valence-corrected chi connectivity index (χ3v) is 4.83. The van der Waals surface area contributed by atoms with Crippen LogP contribution < -0.4 is 5.32 Å². The number of rotatable bonds is 8. The molecule has 0 amide bonds. The van der Waals surface area contributed by atoms with Crippen LogP contribution in [0.3, 0.4) is 0 Å². The van der Waals surface area contributed by atoms with E-state index in [4.69, 9.17) is 5.11 Å². The van der Waals surface area contributed by atoms with Gasteiger partial charge in [0, 0.05) is 17.9 Å². The van der Waals surface area contributed by atoms with E-state index in [1.54, 1.807) is 0 Å². The maximum absolute atomic E-state index is 8.84. The third kappa shape index (κ3) is 5.07. The molecule has 0 spiro atoms. The molecule has 3 atom stereocenters. The first-order chi connectivity index (χ1) is 7.77. The van der Waals surface area contributed by atoms with Crippen LogP contribution in [-0.4, -0.2) is 35.3 Å². The summed E-state index contributed by atoms with van der Waals surface area (Å²) >= 11 is 2.02. The normalized spacial score (nSPS) is 27.2. The van der Waals surface area contributed by atoms with E-state index in [9.17, 15) is 0 Å². The fourth-order valence-corrected chi connectivity index (χ4v) is 3.71. The molecular formula is C13H27NOS. The van der Waals surface area contributed by atoms with Crippen LogP contribution in [0.2, 0.25) is 0 Å². The molecule has 2 nitrogen and oxygen atoms in total. The molecular weight excluding hydrogens is 218 g/mol. The first kappa shape index (κ1) is 14.3. The topological polar surface area (TPSA) is 32.3 Å². The van der Waals surface area contributed by atoms with Crippen molar-refractivity contribution in [1.82, 2.24) is 5.32 Å². The van der Waals surface area contributed by atoms with E-state index < -0.39 is 0 Å². The van der Waals surface area contributed by atoms with Gasteiger partial charge in [0.05, 0.1) is 0 Å². The molecule has 1 rings (SSSR count). The molecule has 0 aliphatic heterocycles. The van der Waals surface area contributed by atoms with Gasteiger partial charge in [0.2, 0.25) is 0 Å². The predicted molar refractivity (Wildman–Crippen MR) is 73.0 cm³/mol. The third-order valence-electron chi connectivity index (χ3n) is 3.55. The highest BCUT2D eigenvalue weighted by Crippen LogP contribution is 2.30. The Kier molecular flexibility index (Phi) is 7.50. The number of aliphatic hydroxyl groups excluding tert-OH is 1. The van der Waals surface area contributed by atoms with Crippen molar-refractivity contribution in [1.29, 1.82) is 0 Å². The molecule has 2 N–H and O–H groups in total. The van der Waals surface area contributed by atoms with Gasteiger partial charge in [-0.3, -0.25) is 0 Å². The smallest absolute Gasteiger partial charge is 0.0441 e. The van der Waals surface area contributed by atoms with Gasteiger partial charge in [-0.2, -0.15) is 11.8 Å². The van der Waals surface area contributed by atoms with E-state index in [0.717, 1.165) is 24.9 Å². The van der Waals surface area contributed by atoms with Crippen LogP contribution >= 0.6 is 11.8 Å². The summed E-state index contributed by atoms with van der Waals surface area (Å²) in [5.41, 5.74) is 0. The maximum Gasteiger partial charge on any atom is 0.0441 e. The number of hydrogen-bond donors (Lipinski definition) is 2. The average molecular weight is 245 g/mol. The predicted octanol–water partition coefficient (Wildman–Crippen LogP) is 2.66. The fraction of sp³-hybridized carbons (Fsp3) is 1.00. The Bertz CT molecular complexity index is 177. The minimum atomic E-state index is 0.331. The standard InChI is InChI=1S/C13H27NOS/c1-3-14-13-6-4-5-12(13)8-10-16-11(2)7-9-15/h11-15H,3-10H2,1-2H3. The lowest BCUT2D eigenvalue weighted by Gasteiger charge is -2.20. The summed E-state index contributed by atoms with van der Waals surface area (Å²) in [5, 5.41) is 13.1. The lowest BCUT2D eigenvalue weighted by atomic mass is 10.0. The zero-order valence-electron chi connectivity index (χ0n) is 10.7. The molecule has 0 radical (unpaired) electrons. The van der Waals surface area contributed by atoms with E-state index in [2.05, 4.69) is 19.2 Å². The highest BCUT2D eigenvalue weighted by Gasteiger charge is 2.25. The average Bonchev–Trinajstić information content (AvgIpc) is 2.67. The number of nitrogens with one attached hydrogen (secondary N) is 1. The molecule has 0 aromatic carbocycles. The van der Waals surface area contributed by atoms with Crippen LogP contribution in [0, 0.1) is 5.92 Å². The molecule has 0 aromatic rings. The van der Waals surface area contributed by atoms with E-state index in [-0.39, 0.29) is 0 Å². The molecule has 0 bridgehead atoms. The van der Waals surface area contributed by atoms with Crippen molar-refractivity contribution in [2.24, 2.45) is 5.92 Å². The SMILES string of the molecule is CCNC1CCCC1CCSC(C)CCO. The highest BCUT2D eigenvalue weighted by molar-refractivity contribution is 7.99. The second-order valence-electron chi connectivity index (χ2n) is 4.84. The molecule has 1 aliphatic rings. The zero-order chi connectivity index (χ0) is 11.8. The molecule has 1 fully saturated rings. The summed E-state index contributed by atoms with van der Waals surface area (Å²) < 4.78 is 0. The van der Waals surface area contributed by atoms with E-state index in [1.165, 1.54) is 31.4 Å². The van der Waals surface area contributed by atoms with Gasteiger partial charge in [0.25, 0.3) is 0 Å². The molecule has 16 heavy (non-hydrogen) atoms. The Balaban J connectivity index is 2.11. The van der Waals surface area contributed by atoms with E-state index in [0.29, 0.717) is 11.9 Å². The molecule has 0 heterocycles. The fourth-order valence-electron chi connectivity index (χ4n) is 2.60. The Morgan fingerprint density at radius 1 is 1.44 bits per heavy atom. The maximum atomic E-state index is 8.84. The Hall–Kier alpha value is 0.270. The summed E-state index contributed by atoms with van der Waals surface area (Å²) in [4.78, 5) is 0. The minimum absolute atomic E-state index is 0.331. The molecule has 3 heteroatoms. The number of aliphatic hydroxyl groups is 1. The summed E-state index contributed by atoms with van der Waals surface area (Å²) in [6, 6.07) is 0.777. The van der Waals surface area contributed by atoms with Gasteiger partial charge in [-0.1, -0.05) is 20.3 Å². The first-order valence-electron chi connectivity index (χ1n) is 6.73. The first-order valence-corrected chi connectivity index (χ1v) is 7.78. The van der Waals surface area contributed by atoms with Crippen molar-refractivity contribution in [2.45, 2.75) is 57.2 Å². The summed E-state index contributed by atoms with van der Waals surface area (Å²) in [6.07, 6.45) is 6.46. The molecule has 1 saturated carbocycles. The van der Waals surface area contributed by atoms with Crippen LogP contribution in [0.1, 0.15) is 46.0 Å². The Labute approximate surface area is 105 Å². The van der Waals surface area contributed by atoms with Crippen molar-refractivity contribution in [3.63, 3.8) is 0 Å². The van der Waals surface area contributed by atoms with Gasteiger partial charge in [-0.15, -0.1) is 0 Å². The largest absolute Gasteiger partial charge is 0.396 e. The van der Waals surface area contributed by atoms with Crippen molar-refractivity contribution in [2.75, 3.05) is 18.9 Å². The second-order valence-corrected chi connectivity index (χ2v) is 6.38. The number of thioether (sulfide) groups is 1. The lowest BCUT2D eigenvalue weighted by molar-refractivity contribution is 0.289. The summed E-state index contributed by atoms with van der Waals surface area (Å²) in [6.45, 7) is 5.86. The molecule has 1 aliphatic carbocycles. The van der Waals surface area contributed by atoms with Gasteiger partial charge in [-0.05, 0) is 43.9 Å². The van der Waals surface area contributed by atoms with E-state index in [1.807, 2.05) is 11.8 Å². The minimum Gasteiger partial charge on any atom is -0.396 e. The lowest BCUT2D eigenvalue weighted by Crippen LogP contribution is -2.32. The molecule has 0 saturated heterocycles. The zero-order valence-corrected chi connectivity index (χ0v) is 11.6. The van der Waals surface area contributed by atoms with Gasteiger partial charge in [0.15, 0.2) is 0 Å². The van der Waals surface area contributed by atoms with Crippen molar-refractivity contribution < 1.29 is 5.11 Å². The summed E-state index contributed by atoms with van der Waals surface area (Å²) in [7, 11) is 0. The van der Waals surface area contributed by atoms with Gasteiger partial charge < -0.3 is 10.4 Å². The Morgan fingerprint density at radius 2 is 2.25 bits per heavy atom. The Morgan fingerprint density at radius 3 is 2.94 bits per heavy atom. The van der Waals surface area contributed by atoms with E-state index >= 15 is 0 Å². The van der Waals surface area contributed by atoms with Crippen molar-refractivity contribution >= 4 is 11.8 Å². The monoisotopic (exact) mass is 245 g/mol. The molecule has 96 valence electrons. The quantitative estimate of drug-likeness (QED) is 0.689.